The van der Waals surface area contributed by atoms with Gasteiger partial charge < -0.3 is 9.64 Å². The van der Waals surface area contributed by atoms with Crippen molar-refractivity contribution in [1.82, 2.24) is 4.90 Å². The minimum atomic E-state index is -0.121. The van der Waals surface area contributed by atoms with E-state index < -0.39 is 0 Å². The van der Waals surface area contributed by atoms with Crippen LogP contribution in [0, 0.1) is 0 Å². The lowest BCUT2D eigenvalue weighted by Crippen LogP contribution is -2.31. The van der Waals surface area contributed by atoms with Gasteiger partial charge in [0.25, 0.3) is 0 Å². The van der Waals surface area contributed by atoms with Crippen molar-refractivity contribution in [3.63, 3.8) is 0 Å². The highest BCUT2D eigenvalue weighted by molar-refractivity contribution is 5.97. The zero-order valence-corrected chi connectivity index (χ0v) is 11.6. The zero-order valence-electron chi connectivity index (χ0n) is 11.6. The largest absolute Gasteiger partial charge is 0.494 e. The first-order chi connectivity index (χ1) is 8.47. The third-order valence-electron chi connectivity index (χ3n) is 2.35. The number of rotatable bonds is 6. The Morgan fingerprint density at radius 2 is 2.11 bits per heavy atom. The number of amides is 1. The molecule has 0 N–H and O–H groups in total. The van der Waals surface area contributed by atoms with Crippen molar-refractivity contribution in [3.8, 4) is 0 Å². The number of amidine groups is 1. The van der Waals surface area contributed by atoms with Crippen LogP contribution in [0.2, 0.25) is 0 Å². The van der Waals surface area contributed by atoms with Gasteiger partial charge >= 0.3 is 0 Å². The standard InChI is InChI=1S/C13H21N3O2/c1-7-12(18-8-2)10(3)9-13(17)16(6)11(4)15-14-5/h7H,3,5,8-9H2,1-2,4,6H3/b12-7+,15-11+. The Hall–Kier alpha value is -1.91. The first-order valence-electron chi connectivity index (χ1n) is 5.71. The topological polar surface area (TPSA) is 54.3 Å². The second kappa shape index (κ2) is 8.22. The van der Waals surface area contributed by atoms with Crippen molar-refractivity contribution >= 4 is 18.5 Å². The summed E-state index contributed by atoms with van der Waals surface area (Å²) in [5.74, 6) is 1.01. The summed E-state index contributed by atoms with van der Waals surface area (Å²) in [5.41, 5.74) is 0.649. The monoisotopic (exact) mass is 251 g/mol. The molecule has 5 heteroatoms. The number of nitrogens with zero attached hydrogens (tertiary/aromatic N) is 3. The van der Waals surface area contributed by atoms with Crippen LogP contribution >= 0.6 is 0 Å². The van der Waals surface area contributed by atoms with E-state index in [-0.39, 0.29) is 12.3 Å². The van der Waals surface area contributed by atoms with Gasteiger partial charge in [0.1, 0.15) is 11.6 Å². The molecular weight excluding hydrogens is 230 g/mol. The summed E-state index contributed by atoms with van der Waals surface area (Å²) in [5, 5.41) is 7.10. The van der Waals surface area contributed by atoms with E-state index in [9.17, 15) is 4.79 Å². The summed E-state index contributed by atoms with van der Waals surface area (Å²) in [6.45, 7) is 13.1. The van der Waals surface area contributed by atoms with Crippen molar-refractivity contribution in [1.29, 1.82) is 0 Å². The molecule has 0 spiro atoms. The molecule has 0 saturated carbocycles. The maximum Gasteiger partial charge on any atom is 0.232 e. The van der Waals surface area contributed by atoms with Crippen LogP contribution in [-0.4, -0.2) is 37.0 Å². The number of ether oxygens (including phenoxy) is 1. The van der Waals surface area contributed by atoms with Crippen molar-refractivity contribution in [2.45, 2.75) is 27.2 Å². The van der Waals surface area contributed by atoms with Gasteiger partial charge in [0.05, 0.1) is 13.0 Å². The van der Waals surface area contributed by atoms with Gasteiger partial charge in [-0.2, -0.15) is 5.10 Å². The second-order valence-corrected chi connectivity index (χ2v) is 3.61. The van der Waals surface area contributed by atoms with Gasteiger partial charge in [0, 0.05) is 13.8 Å². The molecule has 1 amide bonds. The van der Waals surface area contributed by atoms with Gasteiger partial charge in [-0.15, -0.1) is 5.10 Å². The molecule has 0 fully saturated rings. The molecule has 0 unspecified atom stereocenters. The molecule has 0 heterocycles. The zero-order chi connectivity index (χ0) is 14.1. The number of carbonyl (C=O) groups excluding carboxylic acids is 1. The second-order valence-electron chi connectivity index (χ2n) is 3.61. The first-order valence-corrected chi connectivity index (χ1v) is 5.71. The molecule has 0 radical (unpaired) electrons. The van der Waals surface area contributed by atoms with Crippen LogP contribution in [0.15, 0.2) is 34.2 Å². The molecule has 18 heavy (non-hydrogen) atoms. The van der Waals surface area contributed by atoms with E-state index in [2.05, 4.69) is 23.5 Å². The van der Waals surface area contributed by atoms with Crippen molar-refractivity contribution in [3.05, 3.63) is 24.0 Å². The molecule has 5 nitrogen and oxygen atoms in total. The molecule has 0 rings (SSSR count). The summed E-state index contributed by atoms with van der Waals surface area (Å²) in [6.07, 6.45) is 1.98. The fourth-order valence-corrected chi connectivity index (χ4v) is 1.28. The predicted octanol–water partition coefficient (Wildman–Crippen LogP) is 2.37. The normalized spacial score (nSPS) is 12.0. The lowest BCUT2D eigenvalue weighted by atomic mass is 10.1. The molecular formula is C13H21N3O2. The number of hydrogen-bond acceptors (Lipinski definition) is 4. The van der Waals surface area contributed by atoms with E-state index in [4.69, 9.17) is 4.74 Å². The predicted molar refractivity (Wildman–Crippen MR) is 74.6 cm³/mol. The van der Waals surface area contributed by atoms with Gasteiger partial charge in [-0.05, 0) is 32.4 Å². The molecule has 0 bridgehead atoms. The van der Waals surface area contributed by atoms with Gasteiger partial charge in [-0.25, -0.2) is 0 Å². The Balaban J connectivity index is 4.62. The van der Waals surface area contributed by atoms with Crippen LogP contribution in [0.4, 0.5) is 0 Å². The Morgan fingerprint density at radius 1 is 1.50 bits per heavy atom. The first kappa shape index (κ1) is 16.1. The average molecular weight is 251 g/mol. The van der Waals surface area contributed by atoms with E-state index in [1.165, 1.54) is 4.90 Å². The molecule has 100 valence electrons. The van der Waals surface area contributed by atoms with E-state index in [1.807, 2.05) is 13.8 Å². The Labute approximate surface area is 109 Å². The van der Waals surface area contributed by atoms with Crippen molar-refractivity contribution in [2.75, 3.05) is 13.7 Å². The molecule has 0 saturated heterocycles. The smallest absolute Gasteiger partial charge is 0.232 e. The van der Waals surface area contributed by atoms with Crippen molar-refractivity contribution < 1.29 is 9.53 Å². The molecule has 0 aliphatic carbocycles. The van der Waals surface area contributed by atoms with E-state index in [1.54, 1.807) is 20.0 Å². The number of carbonyl (C=O) groups is 1. The van der Waals surface area contributed by atoms with Gasteiger partial charge in [0.15, 0.2) is 0 Å². The molecule has 0 atom stereocenters. The lowest BCUT2D eigenvalue weighted by Gasteiger charge is -2.17. The van der Waals surface area contributed by atoms with Crippen LogP contribution in [-0.2, 0) is 9.53 Å². The Morgan fingerprint density at radius 3 is 2.56 bits per heavy atom. The molecule has 0 aromatic rings. The minimum absolute atomic E-state index is 0.121. The summed E-state index contributed by atoms with van der Waals surface area (Å²) >= 11 is 0. The lowest BCUT2D eigenvalue weighted by molar-refractivity contribution is -0.125. The maximum atomic E-state index is 11.9. The summed E-state index contributed by atoms with van der Waals surface area (Å²) in [4.78, 5) is 13.3. The van der Waals surface area contributed by atoms with Crippen LogP contribution in [0.25, 0.3) is 0 Å². The molecule has 0 aliphatic rings. The summed E-state index contributed by atoms with van der Waals surface area (Å²) in [7, 11) is 1.63. The fraction of sp³-hybridized carbons (Fsp3) is 0.462. The van der Waals surface area contributed by atoms with Gasteiger partial charge in [-0.1, -0.05) is 6.58 Å². The number of hydrogen-bond donors (Lipinski definition) is 0. The van der Waals surface area contributed by atoms with Crippen LogP contribution < -0.4 is 0 Å². The Kier molecular flexibility index (Phi) is 7.35. The maximum absolute atomic E-state index is 11.9. The molecule has 0 aliphatic heterocycles. The number of allylic oxidation sites excluding steroid dienone is 2. The van der Waals surface area contributed by atoms with Crippen LogP contribution in [0.1, 0.15) is 27.2 Å². The Bertz CT molecular complexity index is 384. The SMILES string of the molecule is C=N/N=C(\C)N(C)C(=O)CC(=C)/C(=C\C)OCC. The average Bonchev–Trinajstić information content (AvgIpc) is 2.34. The highest BCUT2D eigenvalue weighted by Crippen LogP contribution is 2.14. The van der Waals surface area contributed by atoms with Gasteiger partial charge in [0.2, 0.25) is 5.91 Å². The fourth-order valence-electron chi connectivity index (χ4n) is 1.28. The third-order valence-corrected chi connectivity index (χ3v) is 2.35. The molecule has 0 aromatic heterocycles. The summed E-state index contributed by atoms with van der Waals surface area (Å²) in [6, 6.07) is 0. The highest BCUT2D eigenvalue weighted by atomic mass is 16.5. The quantitative estimate of drug-likeness (QED) is 0.239. The van der Waals surface area contributed by atoms with Crippen molar-refractivity contribution in [2.24, 2.45) is 10.2 Å². The van der Waals surface area contributed by atoms with E-state index in [0.29, 0.717) is 23.8 Å². The highest BCUT2D eigenvalue weighted by Gasteiger charge is 2.15. The minimum Gasteiger partial charge on any atom is -0.494 e. The van der Waals surface area contributed by atoms with Crippen LogP contribution in [0.5, 0.6) is 0 Å². The van der Waals surface area contributed by atoms with Crippen LogP contribution in [0.3, 0.4) is 0 Å². The van der Waals surface area contributed by atoms with E-state index in [0.717, 1.165) is 0 Å². The molecule has 0 aromatic carbocycles. The summed E-state index contributed by atoms with van der Waals surface area (Å²) < 4.78 is 5.37. The van der Waals surface area contributed by atoms with E-state index >= 15 is 0 Å². The van der Waals surface area contributed by atoms with Gasteiger partial charge in [-0.3, -0.25) is 4.79 Å². The third kappa shape index (κ3) is 4.95.